The maximum atomic E-state index is 12.8. The van der Waals surface area contributed by atoms with Crippen LogP contribution in [-0.2, 0) is 10.0 Å². The fourth-order valence-electron chi connectivity index (χ4n) is 2.67. The van der Waals surface area contributed by atoms with E-state index in [2.05, 4.69) is 13.0 Å². The van der Waals surface area contributed by atoms with Gasteiger partial charge in [-0.2, -0.15) is 4.31 Å². The van der Waals surface area contributed by atoms with Crippen LogP contribution < -0.4 is 5.73 Å². The van der Waals surface area contributed by atoms with E-state index in [9.17, 15) is 8.42 Å². The van der Waals surface area contributed by atoms with Crippen LogP contribution in [0.2, 0.25) is 0 Å². The van der Waals surface area contributed by atoms with Gasteiger partial charge in [-0.15, -0.1) is 11.3 Å². The van der Waals surface area contributed by atoms with Crippen LogP contribution >= 0.6 is 11.3 Å². The lowest BCUT2D eigenvalue weighted by Crippen LogP contribution is -2.39. The molecule has 4 nitrogen and oxygen atoms in total. The van der Waals surface area contributed by atoms with Gasteiger partial charge in [0.25, 0.3) is 10.0 Å². The first-order valence-corrected chi connectivity index (χ1v) is 10.3. The van der Waals surface area contributed by atoms with E-state index >= 15 is 0 Å². The number of rotatable bonds is 6. The lowest BCUT2D eigenvalue weighted by molar-refractivity contribution is 0.279. The molecule has 1 aliphatic rings. The second-order valence-corrected chi connectivity index (χ2v) is 9.22. The van der Waals surface area contributed by atoms with Gasteiger partial charge >= 0.3 is 0 Å². The summed E-state index contributed by atoms with van der Waals surface area (Å²) in [5, 5.41) is 0. The molecule has 1 aromatic rings. The van der Waals surface area contributed by atoms with E-state index in [-0.39, 0.29) is 5.92 Å². The monoisotopic (exact) mass is 354 g/mol. The Morgan fingerprint density at radius 1 is 1.35 bits per heavy atom. The van der Waals surface area contributed by atoms with Gasteiger partial charge in [-0.1, -0.05) is 31.2 Å². The van der Waals surface area contributed by atoms with Crippen molar-refractivity contribution in [3.05, 3.63) is 41.3 Å². The summed E-state index contributed by atoms with van der Waals surface area (Å²) >= 11 is 1.38. The number of nitrogens with two attached hydrogens (primary N) is 1. The average Bonchev–Trinajstić information content (AvgIpc) is 3.06. The molecule has 1 unspecified atom stereocenters. The van der Waals surface area contributed by atoms with Crippen molar-refractivity contribution < 1.29 is 8.42 Å². The fraction of sp³-hybridized carbons (Fsp3) is 0.529. The first-order chi connectivity index (χ1) is 11.0. The number of sulfonamides is 1. The Bertz CT molecular complexity index is 654. The van der Waals surface area contributed by atoms with Crippen LogP contribution in [0.25, 0.3) is 0 Å². The maximum absolute atomic E-state index is 12.8. The van der Waals surface area contributed by atoms with E-state index in [4.69, 9.17) is 5.73 Å². The van der Waals surface area contributed by atoms with Gasteiger partial charge in [-0.3, -0.25) is 0 Å². The smallest absolute Gasteiger partial charge is 0.252 e. The van der Waals surface area contributed by atoms with Gasteiger partial charge in [0.1, 0.15) is 4.21 Å². The highest BCUT2D eigenvalue weighted by molar-refractivity contribution is 7.91. The molecule has 128 valence electrons. The highest BCUT2D eigenvalue weighted by atomic mass is 32.2. The van der Waals surface area contributed by atoms with Crippen LogP contribution in [0.4, 0.5) is 0 Å². The molecular formula is C17H26N2O2S2. The minimum absolute atomic E-state index is 0.211. The first kappa shape index (κ1) is 18.4. The number of thiophene rings is 1. The predicted octanol–water partition coefficient (Wildman–Crippen LogP) is 3.34. The molecule has 1 atom stereocenters. The van der Waals surface area contributed by atoms with Crippen LogP contribution in [0, 0.1) is 5.92 Å². The minimum Gasteiger partial charge on any atom is -0.330 e. The molecule has 2 heterocycles. The van der Waals surface area contributed by atoms with Gasteiger partial charge in [0, 0.05) is 23.9 Å². The summed E-state index contributed by atoms with van der Waals surface area (Å²) in [6.07, 6.45) is 9.74. The molecule has 0 aromatic carbocycles. The van der Waals surface area contributed by atoms with E-state index in [1.54, 1.807) is 10.4 Å². The molecule has 0 radical (unpaired) electrons. The zero-order valence-electron chi connectivity index (χ0n) is 13.8. The van der Waals surface area contributed by atoms with Crippen LogP contribution in [0.1, 0.15) is 37.5 Å². The molecule has 2 rings (SSSR count). The van der Waals surface area contributed by atoms with Gasteiger partial charge in [0.15, 0.2) is 0 Å². The Kier molecular flexibility index (Phi) is 6.59. The molecule has 0 saturated carbocycles. The Hall–Kier alpha value is -0.950. The lowest BCUT2D eigenvalue weighted by atomic mass is 9.99. The number of hydrogen-bond acceptors (Lipinski definition) is 4. The molecular weight excluding hydrogens is 328 g/mol. The third-order valence-electron chi connectivity index (χ3n) is 4.26. The molecule has 1 fully saturated rings. The van der Waals surface area contributed by atoms with Crippen LogP contribution in [0.15, 0.2) is 40.6 Å². The van der Waals surface area contributed by atoms with Gasteiger partial charge < -0.3 is 5.73 Å². The SMILES string of the molecule is C/C=C\C=C/C(C)c1ccc(S(=O)(=O)N2CCC(CN)CC2)s1. The van der Waals surface area contributed by atoms with E-state index in [0.29, 0.717) is 29.8 Å². The highest BCUT2D eigenvalue weighted by Crippen LogP contribution is 2.32. The third kappa shape index (κ3) is 4.53. The summed E-state index contributed by atoms with van der Waals surface area (Å²) in [7, 11) is -3.36. The second kappa shape index (κ2) is 8.24. The summed E-state index contributed by atoms with van der Waals surface area (Å²) in [5.41, 5.74) is 5.68. The number of nitrogens with zero attached hydrogens (tertiary/aromatic N) is 1. The van der Waals surface area contributed by atoms with Crippen LogP contribution in [-0.4, -0.2) is 32.4 Å². The fourth-order valence-corrected chi connectivity index (χ4v) is 5.65. The van der Waals surface area contributed by atoms with Gasteiger partial charge in [-0.25, -0.2) is 8.42 Å². The number of piperidine rings is 1. The van der Waals surface area contributed by atoms with Crippen LogP contribution in [0.3, 0.4) is 0 Å². The summed E-state index contributed by atoms with van der Waals surface area (Å²) < 4.78 is 27.6. The second-order valence-electron chi connectivity index (χ2n) is 5.94. The van der Waals surface area contributed by atoms with Crippen molar-refractivity contribution >= 4 is 21.4 Å². The van der Waals surface area contributed by atoms with Crippen molar-refractivity contribution in [2.75, 3.05) is 19.6 Å². The Morgan fingerprint density at radius 2 is 2.04 bits per heavy atom. The van der Waals surface area contributed by atoms with Crippen molar-refractivity contribution in [2.45, 2.75) is 36.8 Å². The van der Waals surface area contributed by atoms with Crippen LogP contribution in [0.5, 0.6) is 0 Å². The zero-order valence-corrected chi connectivity index (χ0v) is 15.4. The summed E-state index contributed by atoms with van der Waals surface area (Å²) in [4.78, 5) is 1.07. The molecule has 6 heteroatoms. The highest BCUT2D eigenvalue weighted by Gasteiger charge is 2.30. The maximum Gasteiger partial charge on any atom is 0.252 e. The third-order valence-corrected chi connectivity index (χ3v) is 7.91. The summed E-state index contributed by atoms with van der Waals surface area (Å²) in [6, 6.07) is 3.67. The van der Waals surface area contributed by atoms with Crippen molar-refractivity contribution in [3.63, 3.8) is 0 Å². The molecule has 0 spiro atoms. The molecule has 1 saturated heterocycles. The quantitative estimate of drug-likeness (QED) is 0.797. The average molecular weight is 355 g/mol. The van der Waals surface area contributed by atoms with Crippen molar-refractivity contribution in [1.29, 1.82) is 0 Å². The standard InChI is InChI=1S/C17H26N2O2S2/c1-3-4-5-6-14(2)16-7-8-17(22-16)23(20,21)19-11-9-15(13-18)10-12-19/h3-8,14-15H,9-13,18H2,1-2H3/b4-3-,6-5-. The van der Waals surface area contributed by atoms with E-state index in [0.717, 1.165) is 17.7 Å². The Morgan fingerprint density at radius 3 is 2.65 bits per heavy atom. The summed E-state index contributed by atoms with van der Waals surface area (Å²) in [6.45, 7) is 5.85. The van der Waals surface area contributed by atoms with Gasteiger partial charge in [0.2, 0.25) is 0 Å². The Balaban J connectivity index is 2.09. The molecule has 0 bridgehead atoms. The van der Waals surface area contributed by atoms with Gasteiger partial charge in [0.05, 0.1) is 0 Å². The molecule has 1 aliphatic heterocycles. The van der Waals surface area contributed by atoms with Crippen molar-refractivity contribution in [3.8, 4) is 0 Å². The molecule has 0 aliphatic carbocycles. The molecule has 0 amide bonds. The molecule has 1 aromatic heterocycles. The van der Waals surface area contributed by atoms with Gasteiger partial charge in [-0.05, 0) is 44.4 Å². The largest absolute Gasteiger partial charge is 0.330 e. The minimum atomic E-state index is -3.36. The Labute approximate surface area is 143 Å². The summed E-state index contributed by atoms with van der Waals surface area (Å²) in [5.74, 6) is 0.667. The zero-order chi connectivity index (χ0) is 16.9. The molecule has 2 N–H and O–H groups in total. The van der Waals surface area contributed by atoms with Crippen molar-refractivity contribution in [1.82, 2.24) is 4.31 Å². The number of hydrogen-bond donors (Lipinski definition) is 1. The van der Waals surface area contributed by atoms with E-state index in [1.165, 1.54) is 11.3 Å². The number of allylic oxidation sites excluding steroid dienone is 4. The van der Waals surface area contributed by atoms with Crippen molar-refractivity contribution in [2.24, 2.45) is 11.7 Å². The van der Waals surface area contributed by atoms with E-state index < -0.39 is 10.0 Å². The molecule has 23 heavy (non-hydrogen) atoms. The predicted molar refractivity (Wildman–Crippen MR) is 97.2 cm³/mol. The topological polar surface area (TPSA) is 63.4 Å². The first-order valence-electron chi connectivity index (χ1n) is 8.08. The van der Waals surface area contributed by atoms with E-state index in [1.807, 2.05) is 31.2 Å². The normalized spacial score (nSPS) is 19.8. The lowest BCUT2D eigenvalue weighted by Gasteiger charge is -2.30.